The predicted octanol–water partition coefficient (Wildman–Crippen LogP) is 3.80. The van der Waals surface area contributed by atoms with Crippen LogP contribution >= 0.6 is 15.9 Å². The molecule has 0 heterocycles. The molecule has 0 aromatic heterocycles. The van der Waals surface area contributed by atoms with Gasteiger partial charge in [-0.1, -0.05) is 13.8 Å². The molecule has 0 bridgehead atoms. The molecule has 0 fully saturated rings. The van der Waals surface area contributed by atoms with Gasteiger partial charge in [0.05, 0.1) is 4.90 Å². The highest BCUT2D eigenvalue weighted by Gasteiger charge is 2.37. The minimum atomic E-state index is -4.66. The van der Waals surface area contributed by atoms with Crippen molar-refractivity contribution in [1.82, 2.24) is 4.31 Å². The minimum Gasteiger partial charge on any atom is -0.207 e. The molecule has 9 heteroatoms. The Labute approximate surface area is 129 Å². The van der Waals surface area contributed by atoms with Gasteiger partial charge in [-0.05, 0) is 40.0 Å². The standard InChI is InChI=1S/C12H14BrF4NO2S/c1-8(2)6-18(7-12(15,16)17)21(19,20)11-4-3-9(14)5-10(11)13/h3-5,8H,6-7H2,1-2H3. The van der Waals surface area contributed by atoms with E-state index in [1.165, 1.54) is 0 Å². The van der Waals surface area contributed by atoms with E-state index in [0.717, 1.165) is 18.2 Å². The van der Waals surface area contributed by atoms with Crippen molar-refractivity contribution in [1.29, 1.82) is 0 Å². The fourth-order valence-corrected chi connectivity index (χ4v) is 4.28. The molecule has 0 N–H and O–H groups in total. The summed E-state index contributed by atoms with van der Waals surface area (Å²) in [7, 11) is -4.38. The lowest BCUT2D eigenvalue weighted by molar-refractivity contribution is -0.136. The van der Waals surface area contributed by atoms with Crippen molar-refractivity contribution < 1.29 is 26.0 Å². The number of nitrogens with zero attached hydrogens (tertiary/aromatic N) is 1. The summed E-state index contributed by atoms with van der Waals surface area (Å²) in [6.07, 6.45) is -4.66. The largest absolute Gasteiger partial charge is 0.402 e. The maximum absolute atomic E-state index is 13.0. The molecular weight excluding hydrogens is 378 g/mol. The van der Waals surface area contributed by atoms with E-state index < -0.39 is 33.5 Å². The summed E-state index contributed by atoms with van der Waals surface area (Å²) in [5, 5.41) is 0. The topological polar surface area (TPSA) is 37.4 Å². The van der Waals surface area contributed by atoms with Crippen LogP contribution in [0, 0.1) is 11.7 Å². The smallest absolute Gasteiger partial charge is 0.207 e. The van der Waals surface area contributed by atoms with E-state index in [-0.39, 0.29) is 16.9 Å². The summed E-state index contributed by atoms with van der Waals surface area (Å²) in [6, 6.07) is 2.73. The van der Waals surface area contributed by atoms with Crippen LogP contribution in [0.1, 0.15) is 13.8 Å². The van der Waals surface area contributed by atoms with Gasteiger partial charge in [0.1, 0.15) is 12.4 Å². The number of benzene rings is 1. The third kappa shape index (κ3) is 5.23. The molecular formula is C12H14BrF4NO2S. The summed E-state index contributed by atoms with van der Waals surface area (Å²) < 4.78 is 75.7. The first-order chi connectivity index (χ1) is 9.43. The monoisotopic (exact) mass is 391 g/mol. The molecule has 0 amide bonds. The average molecular weight is 392 g/mol. The zero-order valence-corrected chi connectivity index (χ0v) is 13.7. The van der Waals surface area contributed by atoms with Gasteiger partial charge in [0.2, 0.25) is 10.0 Å². The first kappa shape index (κ1) is 18.4. The van der Waals surface area contributed by atoms with E-state index >= 15 is 0 Å². The van der Waals surface area contributed by atoms with Gasteiger partial charge in [0, 0.05) is 11.0 Å². The van der Waals surface area contributed by atoms with Crippen LogP contribution in [-0.4, -0.2) is 32.0 Å². The van der Waals surface area contributed by atoms with Crippen molar-refractivity contribution in [2.45, 2.75) is 24.9 Å². The van der Waals surface area contributed by atoms with Gasteiger partial charge in [-0.3, -0.25) is 0 Å². The van der Waals surface area contributed by atoms with Crippen LogP contribution in [0.3, 0.4) is 0 Å². The summed E-state index contributed by atoms with van der Waals surface area (Å²) in [4.78, 5) is -0.395. The second-order valence-electron chi connectivity index (χ2n) is 4.88. The highest BCUT2D eigenvalue weighted by molar-refractivity contribution is 9.10. The van der Waals surface area contributed by atoms with E-state index in [0.29, 0.717) is 4.31 Å². The predicted molar refractivity (Wildman–Crippen MR) is 73.8 cm³/mol. The summed E-state index contributed by atoms with van der Waals surface area (Å²) in [5.41, 5.74) is 0. The van der Waals surface area contributed by atoms with Crippen LogP contribution < -0.4 is 0 Å². The molecule has 1 rings (SSSR count). The van der Waals surface area contributed by atoms with Crippen LogP contribution in [0.15, 0.2) is 27.6 Å². The first-order valence-corrected chi connectivity index (χ1v) is 8.18. The maximum atomic E-state index is 13.0. The number of rotatable bonds is 5. The van der Waals surface area contributed by atoms with Gasteiger partial charge in [-0.2, -0.15) is 17.5 Å². The average Bonchev–Trinajstić information content (AvgIpc) is 2.24. The fraction of sp³-hybridized carbons (Fsp3) is 0.500. The van der Waals surface area contributed by atoms with E-state index in [1.54, 1.807) is 13.8 Å². The Morgan fingerprint density at radius 3 is 2.29 bits per heavy atom. The van der Waals surface area contributed by atoms with Crippen LogP contribution in [0.2, 0.25) is 0 Å². The van der Waals surface area contributed by atoms with E-state index in [4.69, 9.17) is 0 Å². The molecule has 1 aromatic rings. The molecule has 1 aromatic carbocycles. The summed E-state index contributed by atoms with van der Waals surface area (Å²) in [6.45, 7) is 1.35. The molecule has 0 aliphatic rings. The lowest BCUT2D eigenvalue weighted by Gasteiger charge is -2.25. The van der Waals surface area contributed by atoms with Gasteiger partial charge >= 0.3 is 6.18 Å². The van der Waals surface area contributed by atoms with Crippen molar-refractivity contribution in [3.63, 3.8) is 0 Å². The van der Waals surface area contributed by atoms with Gasteiger partial charge < -0.3 is 0 Å². The van der Waals surface area contributed by atoms with Gasteiger partial charge in [0.25, 0.3) is 0 Å². The molecule has 3 nitrogen and oxygen atoms in total. The van der Waals surface area contributed by atoms with Gasteiger partial charge in [0.15, 0.2) is 0 Å². The molecule has 0 aliphatic carbocycles. The van der Waals surface area contributed by atoms with Crippen molar-refractivity contribution in [2.75, 3.05) is 13.1 Å². The molecule has 0 spiro atoms. The second-order valence-corrected chi connectivity index (χ2v) is 7.64. The molecule has 0 saturated heterocycles. The third-order valence-corrected chi connectivity index (χ3v) is 5.22. The molecule has 0 aliphatic heterocycles. The summed E-state index contributed by atoms with van der Waals surface area (Å²) in [5.74, 6) is -0.978. The lowest BCUT2D eigenvalue weighted by atomic mass is 10.2. The van der Waals surface area contributed by atoms with Crippen molar-refractivity contribution >= 4 is 26.0 Å². The molecule has 0 saturated carbocycles. The highest BCUT2D eigenvalue weighted by atomic mass is 79.9. The van der Waals surface area contributed by atoms with E-state index in [1.807, 2.05) is 0 Å². The Kier molecular flexibility index (Phi) is 5.79. The maximum Gasteiger partial charge on any atom is 0.402 e. The Hall–Kier alpha value is -0.670. The second kappa shape index (κ2) is 6.62. The van der Waals surface area contributed by atoms with E-state index in [9.17, 15) is 26.0 Å². The normalized spacial score (nSPS) is 13.2. The SMILES string of the molecule is CC(C)CN(CC(F)(F)F)S(=O)(=O)c1ccc(F)cc1Br. The lowest BCUT2D eigenvalue weighted by Crippen LogP contribution is -2.41. The molecule has 0 atom stereocenters. The van der Waals surface area contributed by atoms with Crippen molar-refractivity contribution in [3.8, 4) is 0 Å². The van der Waals surface area contributed by atoms with Crippen LogP contribution in [0.5, 0.6) is 0 Å². The van der Waals surface area contributed by atoms with Gasteiger partial charge in [-0.15, -0.1) is 0 Å². The van der Waals surface area contributed by atoms with Crippen LogP contribution in [0.4, 0.5) is 17.6 Å². The Balaban J connectivity index is 3.26. The number of hydrogen-bond acceptors (Lipinski definition) is 2. The van der Waals surface area contributed by atoms with Crippen LogP contribution in [-0.2, 0) is 10.0 Å². The number of alkyl halides is 3. The zero-order valence-electron chi connectivity index (χ0n) is 11.3. The number of hydrogen-bond donors (Lipinski definition) is 0. The molecule has 120 valence electrons. The highest BCUT2D eigenvalue weighted by Crippen LogP contribution is 2.28. The first-order valence-electron chi connectivity index (χ1n) is 5.95. The zero-order chi connectivity index (χ0) is 16.4. The Morgan fingerprint density at radius 2 is 1.86 bits per heavy atom. The quantitative estimate of drug-likeness (QED) is 0.715. The number of halogens is 5. The molecule has 0 unspecified atom stereocenters. The summed E-state index contributed by atoms with van der Waals surface area (Å²) >= 11 is 2.87. The Bertz CT molecular complexity index is 602. The van der Waals surface area contributed by atoms with E-state index in [2.05, 4.69) is 15.9 Å². The fourth-order valence-electron chi connectivity index (χ4n) is 1.68. The third-order valence-electron chi connectivity index (χ3n) is 2.44. The Morgan fingerprint density at radius 1 is 1.29 bits per heavy atom. The van der Waals surface area contributed by atoms with Crippen molar-refractivity contribution in [2.24, 2.45) is 5.92 Å². The number of sulfonamides is 1. The van der Waals surface area contributed by atoms with Crippen molar-refractivity contribution in [3.05, 3.63) is 28.5 Å². The van der Waals surface area contributed by atoms with Gasteiger partial charge in [-0.25, -0.2) is 12.8 Å². The molecule has 0 radical (unpaired) electrons. The minimum absolute atomic E-state index is 0.113. The van der Waals surface area contributed by atoms with Crippen LogP contribution in [0.25, 0.3) is 0 Å². The molecule has 21 heavy (non-hydrogen) atoms.